The molecule has 0 amide bonds. The highest BCUT2D eigenvalue weighted by atomic mass is 79.9. The largest absolute Gasteiger partial charge is 0.276 e. The Morgan fingerprint density at radius 1 is 1.75 bits per heavy atom. The molecular weight excluding hydrogens is 191 g/mol. The second-order valence-corrected chi connectivity index (χ2v) is 2.35. The molecule has 0 spiro atoms. The third-order valence-corrected chi connectivity index (χ3v) is 1.11. The normalized spacial score (nSPS) is 10.2. The Morgan fingerprint density at radius 3 is 2.75 bits per heavy atom. The molecule has 0 aromatic heterocycles. The zero-order valence-corrected chi connectivity index (χ0v) is 6.58. The summed E-state index contributed by atoms with van der Waals surface area (Å²) < 4.78 is 0. The first-order valence-corrected chi connectivity index (χ1v) is 3.69. The van der Waals surface area contributed by atoms with Crippen LogP contribution in [0.25, 0.3) is 0 Å². The van der Waals surface area contributed by atoms with E-state index >= 15 is 0 Å². The molecule has 0 radical (unpaired) electrons. The van der Waals surface area contributed by atoms with Crippen LogP contribution in [-0.2, 0) is 4.79 Å². The SMILES string of the molecule is O=C(Cl)C=CCCBr. The summed E-state index contributed by atoms with van der Waals surface area (Å²) in [5.41, 5.74) is 0. The average molecular weight is 197 g/mol. The van der Waals surface area contributed by atoms with E-state index in [4.69, 9.17) is 11.6 Å². The summed E-state index contributed by atoms with van der Waals surface area (Å²) >= 11 is 8.17. The van der Waals surface area contributed by atoms with E-state index in [1.54, 1.807) is 6.08 Å². The van der Waals surface area contributed by atoms with Crippen LogP contribution in [0.4, 0.5) is 0 Å². The minimum absolute atomic E-state index is 0.411. The molecule has 0 saturated heterocycles. The van der Waals surface area contributed by atoms with Crippen molar-refractivity contribution >= 4 is 32.8 Å². The first-order valence-electron chi connectivity index (χ1n) is 2.19. The van der Waals surface area contributed by atoms with E-state index in [0.29, 0.717) is 0 Å². The van der Waals surface area contributed by atoms with Crippen LogP contribution in [0, 0.1) is 0 Å². The van der Waals surface area contributed by atoms with Gasteiger partial charge in [0.05, 0.1) is 0 Å². The molecule has 3 heteroatoms. The Hall–Kier alpha value is 0.180. The van der Waals surface area contributed by atoms with E-state index < -0.39 is 5.24 Å². The van der Waals surface area contributed by atoms with Crippen LogP contribution in [0.5, 0.6) is 0 Å². The number of alkyl halides is 1. The molecule has 0 fully saturated rings. The van der Waals surface area contributed by atoms with Gasteiger partial charge in [-0.15, -0.1) is 0 Å². The molecule has 8 heavy (non-hydrogen) atoms. The molecule has 0 aromatic rings. The maximum absolute atomic E-state index is 9.98. The van der Waals surface area contributed by atoms with Crippen molar-refractivity contribution in [2.45, 2.75) is 6.42 Å². The van der Waals surface area contributed by atoms with Gasteiger partial charge in [-0.25, -0.2) is 0 Å². The van der Waals surface area contributed by atoms with Gasteiger partial charge in [0.1, 0.15) is 0 Å². The van der Waals surface area contributed by atoms with Gasteiger partial charge in [0.2, 0.25) is 5.24 Å². The molecular formula is C5H6BrClO. The van der Waals surface area contributed by atoms with Gasteiger partial charge in [-0.2, -0.15) is 0 Å². The Labute approximate surface area is 61.8 Å². The predicted molar refractivity (Wildman–Crippen MR) is 38.4 cm³/mol. The van der Waals surface area contributed by atoms with E-state index in [1.165, 1.54) is 6.08 Å². The van der Waals surface area contributed by atoms with Crippen LogP contribution in [-0.4, -0.2) is 10.6 Å². The monoisotopic (exact) mass is 196 g/mol. The highest BCUT2D eigenvalue weighted by Gasteiger charge is 1.81. The molecule has 0 atom stereocenters. The van der Waals surface area contributed by atoms with Crippen LogP contribution in [0.3, 0.4) is 0 Å². The van der Waals surface area contributed by atoms with E-state index in [0.717, 1.165) is 11.8 Å². The van der Waals surface area contributed by atoms with Crippen LogP contribution in [0.1, 0.15) is 6.42 Å². The third-order valence-electron chi connectivity index (χ3n) is 0.525. The fourth-order valence-electron chi connectivity index (χ4n) is 0.239. The smallest absolute Gasteiger partial charge is 0.244 e. The van der Waals surface area contributed by atoms with Crippen molar-refractivity contribution in [1.29, 1.82) is 0 Å². The van der Waals surface area contributed by atoms with E-state index in [1.807, 2.05) is 0 Å². The number of hydrogen-bond acceptors (Lipinski definition) is 1. The minimum Gasteiger partial charge on any atom is -0.276 e. The summed E-state index contributed by atoms with van der Waals surface area (Å²) in [6.07, 6.45) is 3.92. The van der Waals surface area contributed by atoms with Crippen molar-refractivity contribution in [3.63, 3.8) is 0 Å². The van der Waals surface area contributed by atoms with Crippen LogP contribution in [0.2, 0.25) is 0 Å². The van der Waals surface area contributed by atoms with Gasteiger partial charge in [-0.1, -0.05) is 22.0 Å². The second kappa shape index (κ2) is 5.32. The molecule has 0 bridgehead atoms. The fourth-order valence-corrected chi connectivity index (χ4v) is 0.592. The summed E-state index contributed by atoms with van der Waals surface area (Å²) in [6, 6.07) is 0. The predicted octanol–water partition coefficient (Wildman–Crippen LogP) is 2.09. The molecule has 0 rings (SSSR count). The molecule has 0 unspecified atom stereocenters. The Balaban J connectivity index is 3.20. The van der Waals surface area contributed by atoms with Crippen molar-refractivity contribution in [3.8, 4) is 0 Å². The van der Waals surface area contributed by atoms with Crippen molar-refractivity contribution in [2.24, 2.45) is 0 Å². The lowest BCUT2D eigenvalue weighted by Gasteiger charge is -1.77. The molecule has 0 N–H and O–H groups in total. The van der Waals surface area contributed by atoms with Gasteiger partial charge in [-0.05, 0) is 24.1 Å². The molecule has 0 aliphatic rings. The van der Waals surface area contributed by atoms with E-state index in [-0.39, 0.29) is 0 Å². The third kappa shape index (κ3) is 6.18. The van der Waals surface area contributed by atoms with Gasteiger partial charge >= 0.3 is 0 Å². The topological polar surface area (TPSA) is 17.1 Å². The lowest BCUT2D eigenvalue weighted by atomic mass is 10.4. The van der Waals surface area contributed by atoms with Crippen molar-refractivity contribution in [2.75, 3.05) is 5.33 Å². The molecule has 0 aliphatic heterocycles. The second-order valence-electron chi connectivity index (χ2n) is 1.18. The Morgan fingerprint density at radius 2 is 2.38 bits per heavy atom. The Bertz CT molecular complexity index is 101. The molecule has 0 aliphatic carbocycles. The molecule has 46 valence electrons. The average Bonchev–Trinajstić information content (AvgIpc) is 1.66. The quantitative estimate of drug-likeness (QED) is 0.385. The van der Waals surface area contributed by atoms with Crippen LogP contribution in [0.15, 0.2) is 12.2 Å². The van der Waals surface area contributed by atoms with Gasteiger partial charge in [0, 0.05) is 5.33 Å². The number of rotatable bonds is 3. The maximum Gasteiger partial charge on any atom is 0.244 e. The number of allylic oxidation sites excluding steroid dienone is 2. The number of carbonyl (C=O) groups is 1. The Kier molecular flexibility index (Phi) is 5.44. The molecule has 0 aromatic carbocycles. The minimum atomic E-state index is -0.411. The van der Waals surface area contributed by atoms with Crippen LogP contribution >= 0.6 is 27.5 Å². The standard InChI is InChI=1S/C5H6BrClO/c6-4-2-1-3-5(7)8/h1,3H,2,4H2. The molecule has 1 nitrogen and oxygen atoms in total. The lowest BCUT2D eigenvalue weighted by Crippen LogP contribution is -1.74. The highest BCUT2D eigenvalue weighted by Crippen LogP contribution is 1.90. The van der Waals surface area contributed by atoms with Crippen molar-refractivity contribution < 1.29 is 4.79 Å². The summed E-state index contributed by atoms with van der Waals surface area (Å²) in [6.45, 7) is 0. The fraction of sp³-hybridized carbons (Fsp3) is 0.400. The van der Waals surface area contributed by atoms with Crippen molar-refractivity contribution in [1.82, 2.24) is 0 Å². The van der Waals surface area contributed by atoms with Gasteiger partial charge in [-0.3, -0.25) is 4.79 Å². The number of halogens is 2. The maximum atomic E-state index is 9.98. The number of hydrogen-bond donors (Lipinski definition) is 0. The van der Waals surface area contributed by atoms with Gasteiger partial charge < -0.3 is 0 Å². The number of carbonyl (C=O) groups excluding carboxylic acids is 1. The summed E-state index contributed by atoms with van der Waals surface area (Å²) in [5.74, 6) is 0. The van der Waals surface area contributed by atoms with Gasteiger partial charge in [0.25, 0.3) is 0 Å². The van der Waals surface area contributed by atoms with Crippen LogP contribution < -0.4 is 0 Å². The lowest BCUT2D eigenvalue weighted by molar-refractivity contribution is -0.107. The molecule has 0 saturated carbocycles. The zero-order valence-electron chi connectivity index (χ0n) is 4.23. The van der Waals surface area contributed by atoms with E-state index in [9.17, 15) is 4.79 Å². The van der Waals surface area contributed by atoms with Crippen molar-refractivity contribution in [3.05, 3.63) is 12.2 Å². The molecule has 0 heterocycles. The summed E-state index contributed by atoms with van der Waals surface area (Å²) in [7, 11) is 0. The van der Waals surface area contributed by atoms with Gasteiger partial charge in [0.15, 0.2) is 0 Å². The highest BCUT2D eigenvalue weighted by molar-refractivity contribution is 9.09. The summed E-state index contributed by atoms with van der Waals surface area (Å²) in [5, 5.41) is 0.458. The van der Waals surface area contributed by atoms with E-state index in [2.05, 4.69) is 15.9 Å². The first kappa shape index (κ1) is 8.18. The summed E-state index contributed by atoms with van der Waals surface area (Å²) in [4.78, 5) is 9.98. The first-order chi connectivity index (χ1) is 3.77. The zero-order chi connectivity index (χ0) is 6.41.